The minimum absolute atomic E-state index is 0.249. The second-order valence-corrected chi connectivity index (χ2v) is 6.24. The molecule has 9 N–H and O–H groups in total. The minimum Gasteiger partial charge on any atom is -0.480 e. The predicted molar refractivity (Wildman–Crippen MR) is 92.5 cm³/mol. The van der Waals surface area contributed by atoms with Crippen LogP contribution < -0.4 is 10.6 Å². The Balaban J connectivity index is 2.87. The largest absolute Gasteiger partial charge is 0.480 e. The van der Waals surface area contributed by atoms with E-state index in [0.29, 0.717) is 0 Å². The molecule has 1 aliphatic rings. The van der Waals surface area contributed by atoms with Gasteiger partial charge in [0.25, 0.3) is 5.91 Å². The Bertz CT molecular complexity index is 598. The molecule has 0 aromatic heterocycles. The minimum atomic E-state index is -2.13. The van der Waals surface area contributed by atoms with E-state index in [2.05, 4.69) is 17.2 Å². The molecule has 0 radical (unpaired) electrons. The third-order valence-corrected chi connectivity index (χ3v) is 4.26. The van der Waals surface area contributed by atoms with Gasteiger partial charge in [0.2, 0.25) is 0 Å². The van der Waals surface area contributed by atoms with Crippen LogP contribution in [0.2, 0.25) is 0 Å². The molecule has 0 spiro atoms. The molecule has 6 atom stereocenters. The fraction of sp³-hybridized carbons (Fsp3) is 0.625. The number of hydrogen-bond donors (Lipinski definition) is 9. The van der Waals surface area contributed by atoms with Crippen LogP contribution in [0.5, 0.6) is 0 Å². The first kappa shape index (κ1) is 24.1. The number of carbonyl (C=O) groups is 2. The average molecular weight is 406 g/mol. The first-order valence-corrected chi connectivity index (χ1v) is 8.32. The van der Waals surface area contributed by atoms with E-state index in [0.717, 1.165) is 6.20 Å². The number of carboxylic acid groups (broad SMARTS) is 1. The Morgan fingerprint density at radius 1 is 1.29 bits per heavy atom. The van der Waals surface area contributed by atoms with Crippen molar-refractivity contribution in [1.82, 2.24) is 10.6 Å². The van der Waals surface area contributed by atoms with Crippen molar-refractivity contribution in [3.63, 3.8) is 0 Å². The Morgan fingerprint density at radius 3 is 2.43 bits per heavy atom. The fourth-order valence-corrected chi connectivity index (χ4v) is 2.49. The van der Waals surface area contributed by atoms with E-state index in [-0.39, 0.29) is 5.57 Å². The van der Waals surface area contributed by atoms with Gasteiger partial charge in [0.1, 0.15) is 30.5 Å². The van der Waals surface area contributed by atoms with Crippen molar-refractivity contribution in [3.8, 4) is 0 Å². The topological polar surface area (TPSA) is 209 Å². The van der Waals surface area contributed by atoms with Crippen LogP contribution in [0.15, 0.2) is 24.4 Å². The molecule has 0 aromatic carbocycles. The van der Waals surface area contributed by atoms with Gasteiger partial charge < -0.3 is 45.8 Å². The van der Waals surface area contributed by atoms with Gasteiger partial charge in [-0.2, -0.15) is 0 Å². The van der Waals surface area contributed by atoms with Crippen molar-refractivity contribution in [2.24, 2.45) is 0 Å². The number of carboxylic acids is 1. The Labute approximate surface area is 160 Å². The number of hydrogen-bond acceptors (Lipinski definition) is 10. The normalized spacial score (nSPS) is 30.4. The molecule has 1 fully saturated rings. The van der Waals surface area contributed by atoms with Crippen molar-refractivity contribution in [3.05, 3.63) is 24.4 Å². The highest BCUT2D eigenvalue weighted by atomic mass is 16.6. The number of ether oxygens (including phenoxy) is 1. The summed E-state index contributed by atoms with van der Waals surface area (Å²) >= 11 is 0. The average Bonchev–Trinajstić information content (AvgIpc) is 2.68. The Kier molecular flexibility index (Phi) is 9.13. The maximum Gasteiger partial charge on any atom is 0.320 e. The highest BCUT2D eigenvalue weighted by Gasteiger charge is 2.51. The van der Waals surface area contributed by atoms with E-state index in [1.54, 1.807) is 0 Å². The van der Waals surface area contributed by atoms with Gasteiger partial charge in [0, 0.05) is 12.6 Å². The summed E-state index contributed by atoms with van der Waals surface area (Å²) in [5, 5.41) is 71.7. The lowest BCUT2D eigenvalue weighted by atomic mass is 9.93. The number of rotatable bonds is 10. The number of aliphatic hydroxyl groups is 6. The third kappa shape index (κ3) is 5.80. The quantitative estimate of drug-likeness (QED) is 0.159. The van der Waals surface area contributed by atoms with Gasteiger partial charge in [-0.05, 0) is 5.57 Å². The molecule has 0 aliphatic carbocycles. The zero-order chi connectivity index (χ0) is 21.5. The van der Waals surface area contributed by atoms with Crippen LogP contribution in [0, 0.1) is 0 Å². The van der Waals surface area contributed by atoms with Crippen molar-refractivity contribution < 1.29 is 50.1 Å². The SMILES string of the molecule is C=C/C(=C/NC(=O)C(O)C[C@H](N[C@]1(CO)OC[C@@H](O)[C@@H](O)[C@@H]1O)C(=O)O)CO. The van der Waals surface area contributed by atoms with Gasteiger partial charge in [-0.3, -0.25) is 14.9 Å². The molecule has 28 heavy (non-hydrogen) atoms. The standard InChI is InChI=1S/C16H26N2O10/c1-2-8(5-19)4-17-14(25)10(21)3-9(15(26)27)18-16(7-20)13(24)12(23)11(22)6-28-16/h2,4,9-13,18-24H,1,3,5-7H2,(H,17,25)(H,26,27)/b8-4-/t9-,10?,11+,12+,13-,16+/m0/s1. The molecule has 1 amide bonds. The second kappa shape index (κ2) is 10.6. The van der Waals surface area contributed by atoms with Crippen molar-refractivity contribution in [2.75, 3.05) is 19.8 Å². The zero-order valence-electron chi connectivity index (χ0n) is 14.9. The molecule has 0 saturated carbocycles. The van der Waals surface area contributed by atoms with Crippen molar-refractivity contribution >= 4 is 11.9 Å². The zero-order valence-corrected chi connectivity index (χ0v) is 14.9. The first-order chi connectivity index (χ1) is 13.1. The smallest absolute Gasteiger partial charge is 0.320 e. The van der Waals surface area contributed by atoms with E-state index >= 15 is 0 Å². The van der Waals surface area contributed by atoms with Crippen molar-refractivity contribution in [1.29, 1.82) is 0 Å². The van der Waals surface area contributed by atoms with Crippen LogP contribution in [-0.2, 0) is 14.3 Å². The van der Waals surface area contributed by atoms with E-state index in [4.69, 9.17) is 9.84 Å². The summed E-state index contributed by atoms with van der Waals surface area (Å²) in [6.45, 7) is 1.51. The van der Waals surface area contributed by atoms with E-state index in [1.165, 1.54) is 6.08 Å². The van der Waals surface area contributed by atoms with Gasteiger partial charge in [-0.25, -0.2) is 0 Å². The van der Waals surface area contributed by atoms with Crippen LogP contribution in [0.25, 0.3) is 0 Å². The summed E-state index contributed by atoms with van der Waals surface area (Å²) in [4.78, 5) is 23.4. The maximum absolute atomic E-state index is 11.9. The molecule has 12 nitrogen and oxygen atoms in total. The summed E-state index contributed by atoms with van der Waals surface area (Å²) in [7, 11) is 0. The highest BCUT2D eigenvalue weighted by Crippen LogP contribution is 2.25. The summed E-state index contributed by atoms with van der Waals surface area (Å²) in [6, 6.07) is -1.68. The van der Waals surface area contributed by atoms with Crippen LogP contribution >= 0.6 is 0 Å². The second-order valence-electron chi connectivity index (χ2n) is 6.24. The first-order valence-electron chi connectivity index (χ1n) is 8.32. The molecule has 1 aliphatic heterocycles. The number of aliphatic hydroxyl groups excluding tert-OH is 6. The molecule has 0 bridgehead atoms. The highest BCUT2D eigenvalue weighted by molar-refractivity contribution is 5.83. The summed E-state index contributed by atoms with van der Waals surface area (Å²) in [6.07, 6.45) is -5.22. The van der Waals surface area contributed by atoms with Gasteiger partial charge >= 0.3 is 5.97 Å². The lowest BCUT2D eigenvalue weighted by Gasteiger charge is -2.45. The number of aliphatic carboxylic acids is 1. The lowest BCUT2D eigenvalue weighted by molar-refractivity contribution is -0.261. The van der Waals surface area contributed by atoms with Gasteiger partial charge in [-0.1, -0.05) is 12.7 Å². The number of nitrogens with one attached hydrogen (secondary N) is 2. The van der Waals surface area contributed by atoms with Crippen LogP contribution in [0.1, 0.15) is 6.42 Å². The summed E-state index contributed by atoms with van der Waals surface area (Å²) < 4.78 is 5.13. The monoisotopic (exact) mass is 406 g/mol. The number of amides is 1. The molecular weight excluding hydrogens is 380 g/mol. The molecule has 1 rings (SSSR count). The molecule has 160 valence electrons. The number of carbonyl (C=O) groups excluding carboxylic acids is 1. The van der Waals surface area contributed by atoms with E-state index in [9.17, 15) is 40.2 Å². The predicted octanol–water partition coefficient (Wildman–Crippen LogP) is -4.24. The Hall–Kier alpha value is -1.90. The third-order valence-electron chi connectivity index (χ3n) is 4.26. The Morgan fingerprint density at radius 2 is 1.93 bits per heavy atom. The molecule has 12 heteroatoms. The lowest BCUT2D eigenvalue weighted by Crippen LogP contribution is -2.71. The molecule has 1 heterocycles. The molecular formula is C16H26N2O10. The van der Waals surface area contributed by atoms with Gasteiger partial charge in [0.05, 0.1) is 19.8 Å². The van der Waals surface area contributed by atoms with Gasteiger partial charge in [-0.15, -0.1) is 0 Å². The van der Waals surface area contributed by atoms with Crippen molar-refractivity contribution in [2.45, 2.75) is 42.6 Å². The maximum atomic E-state index is 11.9. The van der Waals surface area contributed by atoms with Crippen LogP contribution in [0.3, 0.4) is 0 Å². The van der Waals surface area contributed by atoms with Gasteiger partial charge in [0.15, 0.2) is 5.72 Å². The summed E-state index contributed by atoms with van der Waals surface area (Å²) in [5.74, 6) is -2.51. The van der Waals surface area contributed by atoms with E-state index < -0.39 is 74.3 Å². The van der Waals surface area contributed by atoms with Crippen LogP contribution in [0.4, 0.5) is 0 Å². The summed E-state index contributed by atoms with van der Waals surface area (Å²) in [5.41, 5.74) is -1.89. The fourth-order valence-electron chi connectivity index (χ4n) is 2.49. The van der Waals surface area contributed by atoms with Crippen LogP contribution in [-0.4, -0.2) is 104 Å². The molecule has 1 saturated heterocycles. The van der Waals surface area contributed by atoms with E-state index in [1.807, 2.05) is 0 Å². The molecule has 0 aromatic rings. The molecule has 1 unspecified atom stereocenters.